The molecule has 0 aromatic carbocycles. The van der Waals surface area contributed by atoms with Crippen molar-refractivity contribution < 1.29 is 24.1 Å². The third-order valence-corrected chi connectivity index (χ3v) is 4.05. The van der Waals surface area contributed by atoms with Gasteiger partial charge in [-0.3, -0.25) is 14.3 Å². The molecule has 29 heavy (non-hydrogen) atoms. The zero-order chi connectivity index (χ0) is 21.4. The number of imidazole rings is 1. The number of nitrogens with one attached hydrogen (secondary N) is 1. The summed E-state index contributed by atoms with van der Waals surface area (Å²) in [6.45, 7) is 5.59. The number of nitrogens with two attached hydrogens (primary N) is 1. The van der Waals surface area contributed by atoms with Gasteiger partial charge < -0.3 is 25.1 Å². The number of aromatic amines is 1. The van der Waals surface area contributed by atoms with Crippen LogP contribution in [0.3, 0.4) is 0 Å². The van der Waals surface area contributed by atoms with Crippen molar-refractivity contribution in [3.05, 3.63) is 16.7 Å². The number of rotatable bonds is 11. The Morgan fingerprint density at radius 3 is 2.69 bits per heavy atom. The van der Waals surface area contributed by atoms with E-state index < -0.39 is 24.4 Å². The number of anilines is 1. The number of nitrogens with zero attached hydrogens (tertiary/aromatic N) is 3. The predicted molar refractivity (Wildman–Crippen MR) is 105 cm³/mol. The van der Waals surface area contributed by atoms with Crippen molar-refractivity contribution in [2.45, 2.75) is 78.1 Å². The van der Waals surface area contributed by atoms with E-state index in [1.165, 1.54) is 10.9 Å². The Balaban J connectivity index is 2.04. The van der Waals surface area contributed by atoms with Gasteiger partial charge in [-0.1, -0.05) is 32.6 Å². The number of aromatic nitrogens is 4. The van der Waals surface area contributed by atoms with Gasteiger partial charge in [0.05, 0.1) is 6.10 Å². The summed E-state index contributed by atoms with van der Waals surface area (Å²) in [4.78, 5) is 34.4. The summed E-state index contributed by atoms with van der Waals surface area (Å²) in [6.07, 6.45) is 2.53. The molecule has 0 fully saturated rings. The van der Waals surface area contributed by atoms with Crippen LogP contribution in [0.5, 0.6) is 0 Å². The first-order valence-corrected chi connectivity index (χ1v) is 9.75. The molecule has 2 aromatic heterocycles. The third-order valence-electron chi connectivity index (χ3n) is 4.05. The maximum Gasteiger partial charge on any atom is 0.514 e. The summed E-state index contributed by atoms with van der Waals surface area (Å²) in [5, 5.41) is 9.89. The van der Waals surface area contributed by atoms with E-state index in [9.17, 15) is 14.7 Å². The number of H-pyrrole nitrogens is 1. The van der Waals surface area contributed by atoms with Crippen LogP contribution in [0.2, 0.25) is 0 Å². The fourth-order valence-corrected chi connectivity index (χ4v) is 2.68. The zero-order valence-corrected chi connectivity index (χ0v) is 17.0. The van der Waals surface area contributed by atoms with E-state index in [2.05, 4.69) is 21.9 Å². The summed E-state index contributed by atoms with van der Waals surface area (Å²) in [5.41, 5.74) is 5.15. The fourth-order valence-electron chi connectivity index (χ4n) is 2.68. The fraction of sp³-hybridized carbons (Fsp3) is 0.667. The Hall–Kier alpha value is -2.66. The lowest BCUT2D eigenvalue weighted by Crippen LogP contribution is -2.26. The molecule has 11 nitrogen and oxygen atoms in total. The zero-order valence-electron chi connectivity index (χ0n) is 17.0. The van der Waals surface area contributed by atoms with Crippen LogP contribution >= 0.6 is 0 Å². The van der Waals surface area contributed by atoms with E-state index in [0.717, 1.165) is 32.1 Å². The highest BCUT2D eigenvalue weighted by atomic mass is 16.8. The Labute approximate surface area is 168 Å². The standard InChI is InChI=1S/C18H29N5O6/c1-4-5-6-7-8-9-12(24)28-18(26)29-17(27-11(2)3)23-10-20-13-14(23)21-16(19)22-15(13)25/h10-12,17,24H,4-9H2,1-3H3,(H3,19,21,22,25). The van der Waals surface area contributed by atoms with Gasteiger partial charge in [0, 0.05) is 6.42 Å². The van der Waals surface area contributed by atoms with Gasteiger partial charge in [-0.25, -0.2) is 9.78 Å². The minimum atomic E-state index is -1.31. The molecule has 2 atom stereocenters. The second kappa shape index (κ2) is 10.8. The number of hydrogen-bond donors (Lipinski definition) is 3. The second-order valence-corrected chi connectivity index (χ2v) is 6.91. The van der Waals surface area contributed by atoms with E-state index in [1.54, 1.807) is 13.8 Å². The number of carbonyl (C=O) groups excluding carboxylic acids is 1. The predicted octanol–water partition coefficient (Wildman–Crippen LogP) is 2.42. The van der Waals surface area contributed by atoms with Crippen molar-refractivity contribution >= 4 is 23.3 Å². The molecule has 0 saturated heterocycles. The molecule has 2 heterocycles. The maximum atomic E-state index is 12.1. The Morgan fingerprint density at radius 2 is 2.00 bits per heavy atom. The van der Waals surface area contributed by atoms with E-state index in [0.29, 0.717) is 6.42 Å². The van der Waals surface area contributed by atoms with E-state index in [1.807, 2.05) is 0 Å². The van der Waals surface area contributed by atoms with Crippen molar-refractivity contribution in [1.29, 1.82) is 0 Å². The number of ether oxygens (including phenoxy) is 3. The van der Waals surface area contributed by atoms with Gasteiger partial charge >= 0.3 is 6.16 Å². The molecule has 11 heteroatoms. The number of aliphatic hydroxyl groups is 1. The lowest BCUT2D eigenvalue weighted by atomic mass is 10.1. The van der Waals surface area contributed by atoms with Crippen LogP contribution in [0.25, 0.3) is 11.2 Å². The van der Waals surface area contributed by atoms with E-state index >= 15 is 0 Å². The number of hydrogen-bond acceptors (Lipinski definition) is 9. The van der Waals surface area contributed by atoms with Gasteiger partial charge in [-0.05, 0) is 20.3 Å². The second-order valence-electron chi connectivity index (χ2n) is 6.91. The Morgan fingerprint density at radius 1 is 1.28 bits per heavy atom. The quantitative estimate of drug-likeness (QED) is 0.287. The minimum Gasteiger partial charge on any atom is -0.404 e. The number of nitrogen functional groups attached to an aromatic ring is 1. The first kappa shape index (κ1) is 22.6. The molecular weight excluding hydrogens is 382 g/mol. The Bertz CT molecular complexity index is 849. The first-order valence-electron chi connectivity index (χ1n) is 9.75. The molecule has 0 aliphatic rings. The highest BCUT2D eigenvalue weighted by molar-refractivity contribution is 5.70. The van der Waals surface area contributed by atoms with E-state index in [4.69, 9.17) is 19.9 Å². The van der Waals surface area contributed by atoms with Crippen molar-refractivity contribution in [3.63, 3.8) is 0 Å². The van der Waals surface area contributed by atoms with Crippen molar-refractivity contribution in [1.82, 2.24) is 19.5 Å². The van der Waals surface area contributed by atoms with Gasteiger partial charge in [0.25, 0.3) is 12.0 Å². The summed E-state index contributed by atoms with van der Waals surface area (Å²) in [7, 11) is 0. The Kier molecular flexibility index (Phi) is 8.40. The number of unbranched alkanes of at least 4 members (excludes halogenated alkanes) is 4. The SMILES string of the molecule is CCCCCCCC(O)OC(=O)OC(OC(C)C)n1cnc2c(=O)[nH]c(N)nc21. The van der Waals surface area contributed by atoms with Gasteiger partial charge in [0.15, 0.2) is 11.2 Å². The highest BCUT2D eigenvalue weighted by Crippen LogP contribution is 2.20. The number of carbonyl (C=O) groups is 1. The normalized spacial score (nSPS) is 13.6. The van der Waals surface area contributed by atoms with Crippen LogP contribution in [-0.2, 0) is 14.2 Å². The van der Waals surface area contributed by atoms with Crippen LogP contribution in [0, 0.1) is 0 Å². The van der Waals surface area contributed by atoms with Gasteiger partial charge in [-0.15, -0.1) is 0 Å². The average molecular weight is 411 g/mol. The largest absolute Gasteiger partial charge is 0.514 e. The topological polar surface area (TPSA) is 155 Å². The van der Waals surface area contributed by atoms with Crippen molar-refractivity contribution in [2.24, 2.45) is 0 Å². The molecule has 0 aliphatic heterocycles. The molecule has 0 bridgehead atoms. The molecule has 0 spiro atoms. The molecular formula is C18H29N5O6. The molecule has 2 rings (SSSR count). The first-order chi connectivity index (χ1) is 13.8. The summed E-state index contributed by atoms with van der Waals surface area (Å²) in [6, 6.07) is 0. The summed E-state index contributed by atoms with van der Waals surface area (Å²) >= 11 is 0. The van der Waals surface area contributed by atoms with Crippen LogP contribution in [0.4, 0.5) is 10.7 Å². The van der Waals surface area contributed by atoms with Crippen LogP contribution < -0.4 is 11.3 Å². The lowest BCUT2D eigenvalue weighted by molar-refractivity contribution is -0.198. The van der Waals surface area contributed by atoms with Crippen LogP contribution in [0.1, 0.15) is 65.7 Å². The molecule has 0 radical (unpaired) electrons. The molecule has 2 aromatic rings. The molecule has 4 N–H and O–H groups in total. The molecule has 162 valence electrons. The van der Waals surface area contributed by atoms with Gasteiger partial charge in [-0.2, -0.15) is 4.98 Å². The van der Waals surface area contributed by atoms with Gasteiger partial charge in [0.1, 0.15) is 6.33 Å². The molecule has 0 amide bonds. The average Bonchev–Trinajstić information content (AvgIpc) is 3.04. The summed E-state index contributed by atoms with van der Waals surface area (Å²) < 4.78 is 16.9. The smallest absolute Gasteiger partial charge is 0.404 e. The van der Waals surface area contributed by atoms with Crippen molar-refractivity contribution in [2.75, 3.05) is 5.73 Å². The van der Waals surface area contributed by atoms with Crippen molar-refractivity contribution in [3.8, 4) is 0 Å². The molecule has 0 aliphatic carbocycles. The number of aliphatic hydroxyl groups excluding tert-OH is 1. The monoisotopic (exact) mass is 411 g/mol. The maximum absolute atomic E-state index is 12.1. The lowest BCUT2D eigenvalue weighted by Gasteiger charge is -2.22. The van der Waals surface area contributed by atoms with Gasteiger partial charge in [0.2, 0.25) is 12.2 Å². The van der Waals surface area contributed by atoms with Crippen LogP contribution in [-0.4, -0.2) is 43.2 Å². The highest BCUT2D eigenvalue weighted by Gasteiger charge is 2.25. The van der Waals surface area contributed by atoms with Crippen LogP contribution in [0.15, 0.2) is 11.1 Å². The summed E-state index contributed by atoms with van der Waals surface area (Å²) in [5.74, 6) is -0.117. The number of fused-ring (bicyclic) bond motifs is 1. The molecule has 0 saturated carbocycles. The third kappa shape index (κ3) is 6.71. The molecule has 2 unspecified atom stereocenters. The van der Waals surface area contributed by atoms with E-state index in [-0.39, 0.29) is 23.2 Å². The minimum absolute atomic E-state index is 0.0145.